The van der Waals surface area contributed by atoms with Crippen molar-refractivity contribution in [2.75, 3.05) is 18.1 Å². The van der Waals surface area contributed by atoms with Crippen LogP contribution in [0.3, 0.4) is 0 Å². The quantitative estimate of drug-likeness (QED) is 0.636. The molecule has 6 nitrogen and oxygen atoms in total. The van der Waals surface area contributed by atoms with Crippen molar-refractivity contribution in [2.24, 2.45) is 0 Å². The van der Waals surface area contributed by atoms with Gasteiger partial charge in [-0.3, -0.25) is 14.4 Å². The van der Waals surface area contributed by atoms with Crippen molar-refractivity contribution in [2.45, 2.75) is 39.3 Å². The number of hydrogen-bond donors (Lipinski definition) is 0. The zero-order valence-electron chi connectivity index (χ0n) is 15.3. The van der Waals surface area contributed by atoms with E-state index in [1.165, 1.54) is 11.3 Å². The molecule has 27 heavy (non-hydrogen) atoms. The third-order valence-electron chi connectivity index (χ3n) is 4.71. The minimum absolute atomic E-state index is 0.0268. The first kappa shape index (κ1) is 18.4. The number of hydrogen-bond acceptors (Lipinski definition) is 5. The van der Waals surface area contributed by atoms with Gasteiger partial charge in [0.1, 0.15) is 0 Å². The second kappa shape index (κ2) is 7.58. The first-order valence-corrected chi connectivity index (χ1v) is 10.3. The van der Waals surface area contributed by atoms with E-state index in [0.29, 0.717) is 22.4 Å². The zero-order valence-corrected chi connectivity index (χ0v) is 16.9. The summed E-state index contributed by atoms with van der Waals surface area (Å²) in [6.07, 6.45) is 3.81. The number of thiazole rings is 1. The molecule has 3 aromatic rings. The molecule has 1 aliphatic rings. The maximum Gasteiger partial charge on any atom is 0.280 e. The van der Waals surface area contributed by atoms with Gasteiger partial charge in [0.2, 0.25) is 0 Å². The van der Waals surface area contributed by atoms with Gasteiger partial charge in [-0.25, -0.2) is 4.98 Å². The van der Waals surface area contributed by atoms with Gasteiger partial charge in [0, 0.05) is 24.4 Å². The van der Waals surface area contributed by atoms with Crippen LogP contribution in [0.5, 0.6) is 0 Å². The fraction of sp³-hybridized carbons (Fsp3) is 0.421. The number of aromatic nitrogens is 3. The Morgan fingerprint density at radius 1 is 1.48 bits per heavy atom. The standard InChI is InChI=1S/C19H21ClN4O2S/c1-3-23-7-6-15(22-23)18(25)24(11-14-5-4-8-26-14)19-21-17-12(2)9-13(20)10-16(17)27-19/h6-7,9-10,14H,3-5,8,11H2,1-2H3. The summed E-state index contributed by atoms with van der Waals surface area (Å²) in [6, 6.07) is 5.54. The first-order chi connectivity index (χ1) is 13.0. The monoisotopic (exact) mass is 404 g/mol. The average Bonchev–Trinajstić information content (AvgIpc) is 3.38. The van der Waals surface area contributed by atoms with Crippen LogP contribution in [0, 0.1) is 6.92 Å². The van der Waals surface area contributed by atoms with E-state index in [2.05, 4.69) is 5.10 Å². The average molecular weight is 405 g/mol. The van der Waals surface area contributed by atoms with E-state index in [1.54, 1.807) is 15.6 Å². The molecule has 2 aromatic heterocycles. The fourth-order valence-corrected chi connectivity index (χ4v) is 4.72. The van der Waals surface area contributed by atoms with Gasteiger partial charge in [-0.1, -0.05) is 22.9 Å². The van der Waals surface area contributed by atoms with Gasteiger partial charge in [-0.2, -0.15) is 5.10 Å². The van der Waals surface area contributed by atoms with Gasteiger partial charge < -0.3 is 4.74 Å². The Morgan fingerprint density at radius 2 is 2.33 bits per heavy atom. The summed E-state index contributed by atoms with van der Waals surface area (Å²) < 4.78 is 8.49. The molecule has 0 saturated carbocycles. The number of carbonyl (C=O) groups excluding carboxylic acids is 1. The summed E-state index contributed by atoms with van der Waals surface area (Å²) in [4.78, 5) is 19.7. The summed E-state index contributed by atoms with van der Waals surface area (Å²) >= 11 is 7.67. The molecule has 1 aromatic carbocycles. The van der Waals surface area contributed by atoms with E-state index >= 15 is 0 Å². The second-order valence-corrected chi connectivity index (χ2v) is 8.12. The van der Waals surface area contributed by atoms with E-state index in [4.69, 9.17) is 21.3 Å². The van der Waals surface area contributed by atoms with Crippen LogP contribution in [0.25, 0.3) is 10.2 Å². The van der Waals surface area contributed by atoms with E-state index in [1.807, 2.05) is 32.2 Å². The van der Waals surface area contributed by atoms with E-state index < -0.39 is 0 Å². The van der Waals surface area contributed by atoms with Crippen LogP contribution in [0.1, 0.15) is 35.8 Å². The van der Waals surface area contributed by atoms with Gasteiger partial charge in [-0.15, -0.1) is 0 Å². The Labute approximate surface area is 166 Å². The number of amides is 1. The van der Waals surface area contributed by atoms with Gasteiger partial charge in [0.15, 0.2) is 10.8 Å². The summed E-state index contributed by atoms with van der Waals surface area (Å²) in [5, 5.41) is 5.71. The highest BCUT2D eigenvalue weighted by Crippen LogP contribution is 2.34. The highest BCUT2D eigenvalue weighted by Gasteiger charge is 2.28. The molecule has 8 heteroatoms. The summed E-state index contributed by atoms with van der Waals surface area (Å²) in [5.41, 5.74) is 2.30. The molecule has 0 spiro atoms. The lowest BCUT2D eigenvalue weighted by Crippen LogP contribution is -2.37. The van der Waals surface area contributed by atoms with Gasteiger partial charge in [0.05, 0.1) is 22.9 Å². The van der Waals surface area contributed by atoms with Gasteiger partial charge in [-0.05, 0) is 50.5 Å². The molecule has 1 amide bonds. The molecule has 1 saturated heterocycles. The molecule has 4 rings (SSSR count). The first-order valence-electron chi connectivity index (χ1n) is 9.08. The molecule has 0 bridgehead atoms. The predicted octanol–water partition coefficient (Wildman–Crippen LogP) is 4.30. The van der Waals surface area contributed by atoms with Crippen molar-refractivity contribution >= 4 is 44.2 Å². The Hall–Kier alpha value is -1.96. The normalized spacial score (nSPS) is 16.9. The number of fused-ring (bicyclic) bond motifs is 1. The molecule has 1 atom stereocenters. The number of carbonyl (C=O) groups is 1. The lowest BCUT2D eigenvalue weighted by molar-refractivity contribution is 0.0912. The minimum Gasteiger partial charge on any atom is -0.376 e. The second-order valence-electron chi connectivity index (χ2n) is 6.67. The number of benzene rings is 1. The molecule has 3 heterocycles. The van der Waals surface area contributed by atoms with Crippen LogP contribution in [0.2, 0.25) is 5.02 Å². The number of aryl methyl sites for hydroxylation is 2. The number of rotatable bonds is 5. The Morgan fingerprint density at radius 3 is 3.04 bits per heavy atom. The lowest BCUT2D eigenvalue weighted by atomic mass is 10.2. The highest BCUT2D eigenvalue weighted by molar-refractivity contribution is 7.22. The molecular formula is C19H21ClN4O2S. The Balaban J connectivity index is 1.72. The van der Waals surface area contributed by atoms with Gasteiger partial charge in [0.25, 0.3) is 5.91 Å². The topological polar surface area (TPSA) is 60.2 Å². The molecule has 0 radical (unpaired) electrons. The summed E-state index contributed by atoms with van der Waals surface area (Å²) in [5.74, 6) is -0.152. The fourth-order valence-electron chi connectivity index (χ4n) is 3.29. The molecule has 1 unspecified atom stereocenters. The molecular weight excluding hydrogens is 384 g/mol. The largest absolute Gasteiger partial charge is 0.376 e. The van der Waals surface area contributed by atoms with Crippen molar-refractivity contribution in [1.82, 2.24) is 14.8 Å². The Bertz CT molecular complexity index is 977. The van der Waals surface area contributed by atoms with Crippen LogP contribution >= 0.6 is 22.9 Å². The highest BCUT2D eigenvalue weighted by atomic mass is 35.5. The van der Waals surface area contributed by atoms with Crippen LogP contribution in [0.4, 0.5) is 5.13 Å². The van der Waals surface area contributed by atoms with Crippen LogP contribution in [-0.4, -0.2) is 39.9 Å². The van der Waals surface area contributed by atoms with Crippen LogP contribution in [-0.2, 0) is 11.3 Å². The smallest absolute Gasteiger partial charge is 0.280 e. The van der Waals surface area contributed by atoms with E-state index in [-0.39, 0.29) is 12.0 Å². The summed E-state index contributed by atoms with van der Waals surface area (Å²) in [6.45, 7) is 5.91. The number of nitrogens with zero attached hydrogens (tertiary/aromatic N) is 4. The van der Waals surface area contributed by atoms with Crippen LogP contribution in [0.15, 0.2) is 24.4 Å². The van der Waals surface area contributed by atoms with E-state index in [0.717, 1.165) is 41.8 Å². The zero-order chi connectivity index (χ0) is 19.0. The van der Waals surface area contributed by atoms with Gasteiger partial charge >= 0.3 is 0 Å². The molecule has 0 N–H and O–H groups in total. The van der Waals surface area contributed by atoms with Crippen molar-refractivity contribution < 1.29 is 9.53 Å². The number of anilines is 1. The van der Waals surface area contributed by atoms with E-state index in [9.17, 15) is 4.79 Å². The maximum atomic E-state index is 13.2. The van der Waals surface area contributed by atoms with Crippen molar-refractivity contribution in [3.05, 3.63) is 40.7 Å². The van der Waals surface area contributed by atoms with Crippen molar-refractivity contribution in [3.8, 4) is 0 Å². The molecule has 1 fully saturated rings. The third kappa shape index (κ3) is 3.72. The minimum atomic E-state index is -0.152. The lowest BCUT2D eigenvalue weighted by Gasteiger charge is -2.22. The summed E-state index contributed by atoms with van der Waals surface area (Å²) in [7, 11) is 0. The molecule has 0 aliphatic carbocycles. The predicted molar refractivity (Wildman–Crippen MR) is 108 cm³/mol. The van der Waals surface area contributed by atoms with Crippen molar-refractivity contribution in [3.63, 3.8) is 0 Å². The number of halogens is 1. The number of ether oxygens (including phenoxy) is 1. The maximum absolute atomic E-state index is 13.2. The third-order valence-corrected chi connectivity index (χ3v) is 5.95. The molecule has 142 valence electrons. The van der Waals surface area contributed by atoms with Crippen molar-refractivity contribution in [1.29, 1.82) is 0 Å². The SMILES string of the molecule is CCn1ccc(C(=O)N(CC2CCCO2)c2nc3c(C)cc(Cl)cc3s2)n1. The van der Waals surface area contributed by atoms with Crippen LogP contribution < -0.4 is 4.90 Å². The Kier molecular flexibility index (Phi) is 5.16. The molecule has 1 aliphatic heterocycles.